The minimum Gasteiger partial charge on any atom is -0.431 e. The van der Waals surface area contributed by atoms with Gasteiger partial charge in [-0.05, 0) is 87.7 Å². The van der Waals surface area contributed by atoms with Crippen LogP contribution >= 0.6 is 0 Å². The molecule has 51 heavy (non-hydrogen) atoms. The molecule has 1 aromatic rings. The monoisotopic (exact) mass is 724 g/mol. The molecule has 0 radical (unpaired) electrons. The molecule has 2 aliphatic heterocycles. The van der Waals surface area contributed by atoms with Gasteiger partial charge in [0.25, 0.3) is 0 Å². The van der Waals surface area contributed by atoms with E-state index in [4.69, 9.17) is 23.4 Å². The van der Waals surface area contributed by atoms with Crippen molar-refractivity contribution in [3.63, 3.8) is 0 Å². The Labute approximate surface area is 295 Å². The number of carbonyl (C=O) groups excluding carboxylic acids is 1. The van der Waals surface area contributed by atoms with Crippen molar-refractivity contribution < 1.29 is 69.0 Å². The highest BCUT2D eigenvalue weighted by molar-refractivity contribution is 5.64. The molecular formula is C36H52O15. The largest absolute Gasteiger partial charge is 0.431 e. The highest BCUT2D eigenvalue weighted by Crippen LogP contribution is 2.71. The van der Waals surface area contributed by atoms with Gasteiger partial charge in [-0.1, -0.05) is 6.92 Å². The van der Waals surface area contributed by atoms with Gasteiger partial charge in [0.15, 0.2) is 12.6 Å². The number of fused-ring (bicyclic) bond motifs is 5. The maximum Gasteiger partial charge on any atom is 0.335 e. The van der Waals surface area contributed by atoms with Gasteiger partial charge in [0.05, 0.1) is 41.7 Å². The average Bonchev–Trinajstić information content (AvgIpc) is 3.39. The molecule has 4 aliphatic carbocycles. The Morgan fingerprint density at radius 1 is 0.843 bits per heavy atom. The Kier molecular flexibility index (Phi) is 9.89. The SMILES string of the molecule is CC1OC(OC2CCC3(C=O)C4CCC5(C)C(c6ccc(=O)oc6)CCC5(O)C4CCC3(O)C2)C(OC2OC(CO)C(O)C(O)C2O)C(O)C1O. The number of rotatable bonds is 7. The number of hydrogen-bond acceptors (Lipinski definition) is 15. The van der Waals surface area contributed by atoms with Crippen molar-refractivity contribution in [1.29, 1.82) is 0 Å². The number of aliphatic hydroxyl groups is 8. The lowest BCUT2D eigenvalue weighted by molar-refractivity contribution is -0.372. The van der Waals surface area contributed by atoms with Crippen LogP contribution in [0.1, 0.15) is 83.1 Å². The molecule has 15 heteroatoms. The Hall–Kier alpha value is -1.86. The first-order valence-electron chi connectivity index (χ1n) is 18.3. The zero-order chi connectivity index (χ0) is 36.7. The molecule has 8 N–H and O–H groups in total. The summed E-state index contributed by atoms with van der Waals surface area (Å²) in [6, 6.07) is 3.17. The van der Waals surface area contributed by atoms with Gasteiger partial charge >= 0.3 is 5.63 Å². The molecule has 3 heterocycles. The highest BCUT2D eigenvalue weighted by Gasteiger charge is 2.71. The summed E-state index contributed by atoms with van der Waals surface area (Å²) in [7, 11) is 0. The summed E-state index contributed by atoms with van der Waals surface area (Å²) in [5, 5.41) is 87.3. The van der Waals surface area contributed by atoms with E-state index in [1.807, 2.05) is 0 Å². The smallest absolute Gasteiger partial charge is 0.335 e. The maximum atomic E-state index is 13.3. The summed E-state index contributed by atoms with van der Waals surface area (Å²) in [6.45, 7) is 2.92. The molecule has 4 saturated carbocycles. The van der Waals surface area contributed by atoms with E-state index in [-0.39, 0.29) is 37.0 Å². The van der Waals surface area contributed by atoms with E-state index < -0.39 is 102 Å². The first-order chi connectivity index (χ1) is 24.1. The minimum absolute atomic E-state index is 0.0326. The van der Waals surface area contributed by atoms with Crippen molar-refractivity contribution >= 4 is 6.29 Å². The van der Waals surface area contributed by atoms with Gasteiger partial charge in [0.1, 0.15) is 49.0 Å². The van der Waals surface area contributed by atoms with E-state index >= 15 is 0 Å². The molecule has 7 rings (SSSR count). The third kappa shape index (κ3) is 5.70. The van der Waals surface area contributed by atoms with E-state index in [0.29, 0.717) is 38.5 Å². The lowest BCUT2D eigenvalue weighted by Crippen LogP contribution is -2.69. The van der Waals surface area contributed by atoms with E-state index in [0.717, 1.165) is 11.8 Å². The van der Waals surface area contributed by atoms with Gasteiger partial charge in [0, 0.05) is 17.9 Å². The number of hydrogen-bond donors (Lipinski definition) is 8. The van der Waals surface area contributed by atoms with E-state index in [1.54, 1.807) is 6.07 Å². The van der Waals surface area contributed by atoms with Crippen LogP contribution in [0.25, 0.3) is 0 Å². The zero-order valence-corrected chi connectivity index (χ0v) is 28.9. The topological polar surface area (TPSA) is 246 Å². The van der Waals surface area contributed by atoms with E-state index in [2.05, 4.69) is 6.92 Å². The molecule has 0 aromatic carbocycles. The van der Waals surface area contributed by atoms with Crippen molar-refractivity contribution in [2.75, 3.05) is 6.61 Å². The summed E-state index contributed by atoms with van der Waals surface area (Å²) < 4.78 is 28.8. The Morgan fingerprint density at radius 3 is 2.27 bits per heavy atom. The van der Waals surface area contributed by atoms with E-state index in [9.17, 15) is 50.4 Å². The molecule has 286 valence electrons. The van der Waals surface area contributed by atoms with E-state index in [1.165, 1.54) is 19.3 Å². The third-order valence-electron chi connectivity index (χ3n) is 14.1. The van der Waals surface area contributed by atoms with Crippen LogP contribution in [0.15, 0.2) is 27.6 Å². The fourth-order valence-electron chi connectivity index (χ4n) is 11.1. The Morgan fingerprint density at radius 2 is 1.59 bits per heavy atom. The van der Waals surface area contributed by atoms with Crippen LogP contribution in [-0.4, -0.2) is 132 Å². The van der Waals surface area contributed by atoms with Crippen LogP contribution in [0.4, 0.5) is 0 Å². The van der Waals surface area contributed by atoms with Crippen molar-refractivity contribution in [1.82, 2.24) is 0 Å². The summed E-state index contributed by atoms with van der Waals surface area (Å²) in [6.07, 6.45) is -9.27. The maximum absolute atomic E-state index is 13.3. The molecule has 0 amide bonds. The highest BCUT2D eigenvalue weighted by atomic mass is 16.8. The first-order valence-corrected chi connectivity index (χ1v) is 18.3. The normalized spacial score (nSPS) is 52.7. The van der Waals surface area contributed by atoms with Gasteiger partial charge in [-0.15, -0.1) is 0 Å². The van der Waals surface area contributed by atoms with Crippen LogP contribution < -0.4 is 5.63 Å². The summed E-state index contributed by atoms with van der Waals surface area (Å²) >= 11 is 0. The molecular weight excluding hydrogens is 672 g/mol. The summed E-state index contributed by atoms with van der Waals surface area (Å²) in [5.41, 5.74) is -3.81. The number of aliphatic hydroxyl groups excluding tert-OH is 6. The van der Waals surface area contributed by atoms with Crippen molar-refractivity contribution in [3.05, 3.63) is 34.4 Å². The van der Waals surface area contributed by atoms with Gasteiger partial charge in [0.2, 0.25) is 0 Å². The second-order valence-electron chi connectivity index (χ2n) is 16.3. The van der Waals surface area contributed by atoms with Crippen LogP contribution in [-0.2, 0) is 23.7 Å². The molecule has 15 nitrogen and oxygen atoms in total. The summed E-state index contributed by atoms with van der Waals surface area (Å²) in [4.78, 5) is 24.9. The average molecular weight is 725 g/mol. The Bertz CT molecular complexity index is 1470. The quantitative estimate of drug-likeness (QED) is 0.127. The molecule has 18 atom stereocenters. The van der Waals surface area contributed by atoms with Gasteiger partial charge < -0.3 is 69.0 Å². The van der Waals surface area contributed by atoms with Crippen LogP contribution in [0.3, 0.4) is 0 Å². The van der Waals surface area contributed by atoms with Crippen LogP contribution in [0, 0.1) is 22.7 Å². The Balaban J connectivity index is 1.09. The minimum atomic E-state index is -1.78. The molecule has 1 aromatic heterocycles. The van der Waals surface area contributed by atoms with Crippen molar-refractivity contribution in [2.45, 2.75) is 156 Å². The molecule has 6 aliphatic rings. The van der Waals surface area contributed by atoms with Gasteiger partial charge in [-0.2, -0.15) is 0 Å². The number of ether oxygens (including phenoxy) is 4. The zero-order valence-electron chi connectivity index (χ0n) is 28.9. The number of aldehydes is 1. The summed E-state index contributed by atoms with van der Waals surface area (Å²) in [5.74, 6) is -0.560. The predicted molar refractivity (Wildman–Crippen MR) is 173 cm³/mol. The predicted octanol–water partition coefficient (Wildman–Crippen LogP) is -0.788. The molecule has 0 bridgehead atoms. The fourth-order valence-corrected chi connectivity index (χ4v) is 11.1. The van der Waals surface area contributed by atoms with Crippen LogP contribution in [0.2, 0.25) is 0 Å². The second kappa shape index (κ2) is 13.5. The number of carbonyl (C=O) groups is 1. The standard InChI is InChI=1S/C36H52O15/c1-17-25(40)28(43)30(51-31-29(44)27(42)26(41)23(14-37)50-31)32(48-17)49-19-5-10-34(16-38)21-6-9-33(2)20(18-3-4-24(39)47-15-18)8-12-36(33,46)22(21)7-11-35(34,45)13-19/h3-4,15-17,19-23,25-32,37,40-46H,5-14H2,1-2H3. The second-order valence-corrected chi connectivity index (χ2v) is 16.3. The molecule has 18 unspecified atom stereocenters. The molecule has 0 spiro atoms. The van der Waals surface area contributed by atoms with Gasteiger partial charge in [-0.3, -0.25) is 0 Å². The molecule has 6 fully saturated rings. The third-order valence-corrected chi connectivity index (χ3v) is 14.1. The van der Waals surface area contributed by atoms with Crippen LogP contribution in [0.5, 0.6) is 0 Å². The van der Waals surface area contributed by atoms with Gasteiger partial charge in [-0.25, -0.2) is 4.79 Å². The lowest BCUT2D eigenvalue weighted by Gasteiger charge is -2.65. The lowest BCUT2D eigenvalue weighted by atomic mass is 9.41. The first kappa shape index (κ1) is 37.5. The van der Waals surface area contributed by atoms with Crippen molar-refractivity contribution in [2.24, 2.45) is 22.7 Å². The fraction of sp³-hybridized carbons (Fsp3) is 0.833. The van der Waals surface area contributed by atoms with Crippen molar-refractivity contribution in [3.8, 4) is 0 Å². The molecule has 2 saturated heterocycles.